The van der Waals surface area contributed by atoms with Crippen molar-refractivity contribution < 1.29 is 14.7 Å². The van der Waals surface area contributed by atoms with E-state index >= 15 is 0 Å². The summed E-state index contributed by atoms with van der Waals surface area (Å²) in [5.74, 6) is -1.06. The van der Waals surface area contributed by atoms with Gasteiger partial charge in [0.1, 0.15) is 0 Å². The van der Waals surface area contributed by atoms with E-state index in [1.54, 1.807) is 6.07 Å². The summed E-state index contributed by atoms with van der Waals surface area (Å²) in [6, 6.07) is 11.0. The lowest BCUT2D eigenvalue weighted by Crippen LogP contribution is -2.21. The Morgan fingerprint density at radius 1 is 1.20 bits per heavy atom. The van der Waals surface area contributed by atoms with Crippen LogP contribution in [0.5, 0.6) is 0 Å². The number of aliphatic carboxylic acids is 1. The average molecular weight is 287 g/mol. The van der Waals surface area contributed by atoms with E-state index in [2.05, 4.69) is 5.32 Å². The van der Waals surface area contributed by atoms with Crippen LogP contribution in [0.15, 0.2) is 47.9 Å². The van der Waals surface area contributed by atoms with Crippen molar-refractivity contribution in [1.29, 1.82) is 0 Å². The highest BCUT2D eigenvalue weighted by atomic mass is 32.1. The average Bonchev–Trinajstić information content (AvgIpc) is 2.98. The maximum absolute atomic E-state index is 11.7. The minimum atomic E-state index is -0.975. The molecule has 2 aromatic rings. The molecule has 0 radical (unpaired) electrons. The smallest absolute Gasteiger partial charge is 0.328 e. The SMILES string of the molecule is O=C(O)C=Cc1ccc(CNC(=O)c2cccs2)cc1. The molecule has 1 aromatic heterocycles. The molecule has 0 aliphatic carbocycles. The van der Waals surface area contributed by atoms with Crippen LogP contribution in [0.3, 0.4) is 0 Å². The van der Waals surface area contributed by atoms with Crippen LogP contribution in [0.2, 0.25) is 0 Å². The van der Waals surface area contributed by atoms with Crippen LogP contribution < -0.4 is 5.32 Å². The number of carbonyl (C=O) groups excluding carboxylic acids is 1. The first kappa shape index (κ1) is 14.0. The number of carboxylic acid groups (broad SMARTS) is 1. The summed E-state index contributed by atoms with van der Waals surface area (Å²) in [7, 11) is 0. The molecule has 0 saturated carbocycles. The van der Waals surface area contributed by atoms with E-state index < -0.39 is 5.97 Å². The third-order valence-corrected chi connectivity index (χ3v) is 3.46. The van der Waals surface area contributed by atoms with Crippen LogP contribution in [0.4, 0.5) is 0 Å². The second-order valence-corrected chi connectivity index (χ2v) is 5.02. The summed E-state index contributed by atoms with van der Waals surface area (Å²) in [6.07, 6.45) is 2.61. The Hall–Kier alpha value is -2.40. The van der Waals surface area contributed by atoms with Crippen molar-refractivity contribution >= 4 is 29.3 Å². The molecule has 20 heavy (non-hydrogen) atoms. The van der Waals surface area contributed by atoms with Gasteiger partial charge in [-0.05, 0) is 28.6 Å². The van der Waals surface area contributed by atoms with Crippen LogP contribution in [-0.2, 0) is 11.3 Å². The van der Waals surface area contributed by atoms with Gasteiger partial charge < -0.3 is 10.4 Å². The minimum absolute atomic E-state index is 0.0881. The monoisotopic (exact) mass is 287 g/mol. The van der Waals surface area contributed by atoms with Crippen LogP contribution in [0, 0.1) is 0 Å². The topological polar surface area (TPSA) is 66.4 Å². The molecule has 0 bridgehead atoms. The van der Waals surface area contributed by atoms with Crippen LogP contribution in [0.1, 0.15) is 20.8 Å². The number of carbonyl (C=O) groups is 2. The lowest BCUT2D eigenvalue weighted by molar-refractivity contribution is -0.131. The molecule has 0 unspecified atom stereocenters. The highest BCUT2D eigenvalue weighted by Gasteiger charge is 2.05. The molecule has 2 rings (SSSR count). The molecule has 0 aliphatic rings. The fourth-order valence-electron chi connectivity index (χ4n) is 1.59. The molecule has 2 N–H and O–H groups in total. The Morgan fingerprint density at radius 2 is 1.95 bits per heavy atom. The molecular weight excluding hydrogens is 274 g/mol. The number of benzene rings is 1. The van der Waals surface area contributed by atoms with Crippen molar-refractivity contribution in [2.45, 2.75) is 6.54 Å². The molecule has 1 heterocycles. The summed E-state index contributed by atoms with van der Waals surface area (Å²) < 4.78 is 0. The second kappa shape index (κ2) is 6.68. The summed E-state index contributed by atoms with van der Waals surface area (Å²) in [4.78, 5) is 22.8. The number of hydrogen-bond donors (Lipinski definition) is 2. The maximum Gasteiger partial charge on any atom is 0.328 e. The molecule has 0 spiro atoms. The quantitative estimate of drug-likeness (QED) is 0.831. The summed E-state index contributed by atoms with van der Waals surface area (Å²) in [5, 5.41) is 13.2. The van der Waals surface area contributed by atoms with Gasteiger partial charge >= 0.3 is 5.97 Å². The predicted molar refractivity (Wildman–Crippen MR) is 78.6 cm³/mol. The highest BCUT2D eigenvalue weighted by Crippen LogP contribution is 2.09. The number of carboxylic acids is 1. The van der Waals surface area contributed by atoms with Gasteiger partial charge in [0.25, 0.3) is 5.91 Å². The van der Waals surface area contributed by atoms with Crippen molar-refractivity contribution in [3.8, 4) is 0 Å². The molecule has 0 saturated heterocycles. The van der Waals surface area contributed by atoms with Gasteiger partial charge in [-0.1, -0.05) is 30.3 Å². The Bertz CT molecular complexity index is 615. The zero-order valence-electron chi connectivity index (χ0n) is 10.6. The molecule has 0 aliphatic heterocycles. The zero-order valence-corrected chi connectivity index (χ0v) is 11.4. The molecule has 1 aromatic carbocycles. The van der Waals surface area contributed by atoms with E-state index in [0.717, 1.165) is 17.2 Å². The molecule has 5 heteroatoms. The first-order chi connectivity index (χ1) is 9.65. The number of nitrogens with one attached hydrogen (secondary N) is 1. The fourth-order valence-corrected chi connectivity index (χ4v) is 2.23. The Morgan fingerprint density at radius 3 is 2.55 bits per heavy atom. The molecule has 1 amide bonds. The van der Waals surface area contributed by atoms with Crippen LogP contribution in [-0.4, -0.2) is 17.0 Å². The molecule has 102 valence electrons. The Labute approximate surface area is 120 Å². The highest BCUT2D eigenvalue weighted by molar-refractivity contribution is 7.12. The normalized spacial score (nSPS) is 10.6. The fraction of sp³-hybridized carbons (Fsp3) is 0.0667. The molecular formula is C15H13NO3S. The molecule has 4 nitrogen and oxygen atoms in total. The van der Waals surface area contributed by atoms with E-state index in [9.17, 15) is 9.59 Å². The predicted octanol–water partition coefficient (Wildman–Crippen LogP) is 2.78. The van der Waals surface area contributed by atoms with E-state index in [1.165, 1.54) is 17.4 Å². The Balaban J connectivity index is 1.91. The van der Waals surface area contributed by atoms with E-state index in [0.29, 0.717) is 11.4 Å². The van der Waals surface area contributed by atoms with Crippen molar-refractivity contribution in [2.24, 2.45) is 0 Å². The first-order valence-electron chi connectivity index (χ1n) is 5.97. The largest absolute Gasteiger partial charge is 0.478 e. The Kier molecular flexibility index (Phi) is 4.68. The number of amides is 1. The van der Waals surface area contributed by atoms with Gasteiger partial charge in [-0.15, -0.1) is 11.3 Å². The number of thiophene rings is 1. The van der Waals surface area contributed by atoms with Crippen LogP contribution in [0.25, 0.3) is 6.08 Å². The van der Waals surface area contributed by atoms with Crippen LogP contribution >= 0.6 is 11.3 Å². The second-order valence-electron chi connectivity index (χ2n) is 4.07. The third-order valence-electron chi connectivity index (χ3n) is 2.60. The van der Waals surface area contributed by atoms with Gasteiger partial charge in [0, 0.05) is 12.6 Å². The third kappa shape index (κ3) is 4.07. The van der Waals surface area contributed by atoms with Gasteiger partial charge in [0.2, 0.25) is 0 Å². The van der Waals surface area contributed by atoms with E-state index in [1.807, 2.05) is 35.7 Å². The van der Waals surface area contributed by atoms with Crippen molar-refractivity contribution in [3.63, 3.8) is 0 Å². The van der Waals surface area contributed by atoms with E-state index in [4.69, 9.17) is 5.11 Å². The standard InChI is InChI=1S/C15H13NO3S/c17-14(18)8-7-11-3-5-12(6-4-11)10-16-15(19)13-2-1-9-20-13/h1-9H,10H2,(H,16,19)(H,17,18). The molecule has 0 atom stereocenters. The summed E-state index contributed by atoms with van der Waals surface area (Å²) in [5.41, 5.74) is 1.77. The van der Waals surface area contributed by atoms with Gasteiger partial charge in [-0.25, -0.2) is 4.79 Å². The van der Waals surface area contributed by atoms with E-state index in [-0.39, 0.29) is 5.91 Å². The zero-order chi connectivity index (χ0) is 14.4. The lowest BCUT2D eigenvalue weighted by Gasteiger charge is -2.04. The number of rotatable bonds is 5. The van der Waals surface area contributed by atoms with Gasteiger partial charge in [-0.2, -0.15) is 0 Å². The lowest BCUT2D eigenvalue weighted by atomic mass is 10.1. The summed E-state index contributed by atoms with van der Waals surface area (Å²) >= 11 is 1.40. The van der Waals surface area contributed by atoms with Crippen molar-refractivity contribution in [3.05, 3.63) is 63.9 Å². The minimum Gasteiger partial charge on any atom is -0.478 e. The van der Waals surface area contributed by atoms with Gasteiger partial charge in [-0.3, -0.25) is 4.79 Å². The summed E-state index contributed by atoms with van der Waals surface area (Å²) in [6.45, 7) is 0.444. The van der Waals surface area contributed by atoms with Crippen molar-refractivity contribution in [1.82, 2.24) is 5.32 Å². The molecule has 0 fully saturated rings. The van der Waals surface area contributed by atoms with Gasteiger partial charge in [0.15, 0.2) is 0 Å². The van der Waals surface area contributed by atoms with Gasteiger partial charge in [0.05, 0.1) is 4.88 Å². The number of hydrogen-bond acceptors (Lipinski definition) is 3. The van der Waals surface area contributed by atoms with Crippen molar-refractivity contribution in [2.75, 3.05) is 0 Å². The first-order valence-corrected chi connectivity index (χ1v) is 6.85. The maximum atomic E-state index is 11.7.